The zero-order valence-electron chi connectivity index (χ0n) is 12.6. The van der Waals surface area contributed by atoms with Crippen molar-refractivity contribution < 1.29 is 18.1 Å². The van der Waals surface area contributed by atoms with Gasteiger partial charge in [-0.25, -0.2) is 13.1 Å². The van der Waals surface area contributed by atoms with E-state index in [0.717, 1.165) is 11.6 Å². The van der Waals surface area contributed by atoms with Gasteiger partial charge in [0.15, 0.2) is 0 Å². The molecule has 0 aliphatic carbocycles. The fraction of sp³-hybridized carbons (Fsp3) is 0.286. The van der Waals surface area contributed by atoms with Crippen molar-refractivity contribution in [2.45, 2.75) is 17.9 Å². The van der Waals surface area contributed by atoms with Crippen LogP contribution in [0, 0.1) is 17.0 Å². The molecule has 0 bridgehead atoms. The van der Waals surface area contributed by atoms with Crippen LogP contribution < -0.4 is 4.72 Å². The van der Waals surface area contributed by atoms with E-state index >= 15 is 0 Å². The fourth-order valence-electron chi connectivity index (χ4n) is 2.05. The first kappa shape index (κ1) is 17.5. The summed E-state index contributed by atoms with van der Waals surface area (Å²) >= 11 is 1.49. The van der Waals surface area contributed by atoms with Crippen molar-refractivity contribution in [3.63, 3.8) is 0 Å². The minimum atomic E-state index is -3.87. The van der Waals surface area contributed by atoms with E-state index in [1.165, 1.54) is 30.6 Å². The SMILES string of the molecule is COC(CNS(=O)(=O)c1cc([N+](=O)[O-])ccc1C)c1ccsc1. The number of rotatable bonds is 7. The molecule has 0 aliphatic heterocycles. The Balaban J connectivity index is 2.22. The standard InChI is InChI=1S/C14H16N2O5S2/c1-10-3-4-12(16(17)18)7-14(10)23(19,20)15-8-13(21-2)11-5-6-22-9-11/h3-7,9,13,15H,8H2,1-2H3. The average molecular weight is 356 g/mol. The molecule has 2 rings (SSSR count). The van der Waals surface area contributed by atoms with E-state index in [4.69, 9.17) is 4.74 Å². The van der Waals surface area contributed by atoms with Crippen molar-refractivity contribution in [2.24, 2.45) is 0 Å². The molecule has 124 valence electrons. The molecule has 0 saturated carbocycles. The molecule has 2 aromatic rings. The lowest BCUT2D eigenvalue weighted by molar-refractivity contribution is -0.385. The Morgan fingerprint density at radius 3 is 2.70 bits per heavy atom. The highest BCUT2D eigenvalue weighted by molar-refractivity contribution is 7.89. The number of sulfonamides is 1. The average Bonchev–Trinajstić information content (AvgIpc) is 3.02. The third-order valence-electron chi connectivity index (χ3n) is 3.33. The highest BCUT2D eigenvalue weighted by atomic mass is 32.2. The Hall–Kier alpha value is -1.81. The third-order valence-corrected chi connectivity index (χ3v) is 5.60. The lowest BCUT2D eigenvalue weighted by Gasteiger charge is -2.16. The van der Waals surface area contributed by atoms with Crippen LogP contribution in [0.25, 0.3) is 0 Å². The lowest BCUT2D eigenvalue weighted by atomic mass is 10.2. The second-order valence-corrected chi connectivity index (χ2v) is 7.36. The molecule has 23 heavy (non-hydrogen) atoms. The van der Waals surface area contributed by atoms with Crippen LogP contribution in [0.3, 0.4) is 0 Å². The number of hydrogen-bond donors (Lipinski definition) is 1. The molecule has 0 radical (unpaired) electrons. The molecule has 1 aromatic heterocycles. The Morgan fingerprint density at radius 1 is 1.39 bits per heavy atom. The maximum absolute atomic E-state index is 12.4. The number of thiophene rings is 1. The summed E-state index contributed by atoms with van der Waals surface area (Å²) in [6.45, 7) is 1.63. The van der Waals surface area contributed by atoms with Gasteiger partial charge in [0.1, 0.15) is 0 Å². The smallest absolute Gasteiger partial charge is 0.270 e. The Labute approximate surface area is 138 Å². The summed E-state index contributed by atoms with van der Waals surface area (Å²) in [6.07, 6.45) is -0.421. The molecular weight excluding hydrogens is 340 g/mol. The molecule has 9 heteroatoms. The first-order chi connectivity index (χ1) is 10.8. The second kappa shape index (κ2) is 7.18. The first-order valence-corrected chi connectivity index (χ1v) is 9.07. The maximum Gasteiger partial charge on any atom is 0.270 e. The molecule has 0 spiro atoms. The summed E-state index contributed by atoms with van der Waals surface area (Å²) in [5.41, 5.74) is 1.04. The number of methoxy groups -OCH3 is 1. The van der Waals surface area contributed by atoms with Crippen LogP contribution >= 0.6 is 11.3 Å². The van der Waals surface area contributed by atoms with E-state index in [-0.39, 0.29) is 17.1 Å². The summed E-state index contributed by atoms with van der Waals surface area (Å²) in [5.74, 6) is 0. The molecule has 0 saturated heterocycles. The van der Waals surface area contributed by atoms with Gasteiger partial charge in [-0.05, 0) is 34.9 Å². The van der Waals surface area contributed by atoms with E-state index in [1.807, 2.05) is 16.8 Å². The van der Waals surface area contributed by atoms with Gasteiger partial charge in [-0.1, -0.05) is 6.07 Å². The normalized spacial score (nSPS) is 13.0. The van der Waals surface area contributed by atoms with Crippen molar-refractivity contribution in [1.82, 2.24) is 4.72 Å². The second-order valence-electron chi connectivity index (χ2n) is 4.84. The van der Waals surface area contributed by atoms with E-state index in [1.54, 1.807) is 6.92 Å². The van der Waals surface area contributed by atoms with Crippen LogP contribution in [-0.2, 0) is 14.8 Å². The molecule has 0 amide bonds. The Morgan fingerprint density at radius 2 is 2.13 bits per heavy atom. The maximum atomic E-state index is 12.4. The number of aryl methyl sites for hydroxylation is 1. The molecule has 1 N–H and O–H groups in total. The molecule has 7 nitrogen and oxygen atoms in total. The molecule has 1 aromatic carbocycles. The monoisotopic (exact) mass is 356 g/mol. The van der Waals surface area contributed by atoms with Crippen molar-refractivity contribution in [3.8, 4) is 0 Å². The number of nitrogens with zero attached hydrogens (tertiary/aromatic N) is 1. The quantitative estimate of drug-likeness (QED) is 0.607. The topological polar surface area (TPSA) is 98.5 Å². The van der Waals surface area contributed by atoms with Crippen LogP contribution in [0.1, 0.15) is 17.2 Å². The summed E-state index contributed by atoms with van der Waals surface area (Å²) < 4.78 is 32.6. The van der Waals surface area contributed by atoms with Gasteiger partial charge in [0, 0.05) is 25.8 Å². The van der Waals surface area contributed by atoms with Gasteiger partial charge in [-0.3, -0.25) is 10.1 Å². The van der Waals surface area contributed by atoms with Crippen LogP contribution in [0.5, 0.6) is 0 Å². The lowest BCUT2D eigenvalue weighted by Crippen LogP contribution is -2.29. The zero-order valence-corrected chi connectivity index (χ0v) is 14.2. The number of benzene rings is 1. The van der Waals surface area contributed by atoms with Crippen LogP contribution in [-0.4, -0.2) is 27.0 Å². The van der Waals surface area contributed by atoms with E-state index in [2.05, 4.69) is 4.72 Å². The predicted molar refractivity (Wildman–Crippen MR) is 87.1 cm³/mol. The van der Waals surface area contributed by atoms with Crippen molar-refractivity contribution in [2.75, 3.05) is 13.7 Å². The van der Waals surface area contributed by atoms with Crippen molar-refractivity contribution in [1.29, 1.82) is 0 Å². The summed E-state index contributed by atoms with van der Waals surface area (Å²) in [7, 11) is -2.38. The fourth-order valence-corrected chi connectivity index (χ4v) is 4.05. The molecular formula is C14H16N2O5S2. The molecule has 1 heterocycles. The zero-order chi connectivity index (χ0) is 17.0. The largest absolute Gasteiger partial charge is 0.375 e. The summed E-state index contributed by atoms with van der Waals surface area (Å²) in [4.78, 5) is 10.1. The summed E-state index contributed by atoms with van der Waals surface area (Å²) in [5, 5.41) is 14.6. The molecule has 1 atom stereocenters. The molecule has 0 aliphatic rings. The highest BCUT2D eigenvalue weighted by Gasteiger charge is 2.22. The Bertz CT molecular complexity index is 788. The number of ether oxygens (including phenoxy) is 1. The van der Waals surface area contributed by atoms with Crippen molar-refractivity contribution in [3.05, 3.63) is 56.3 Å². The number of non-ortho nitro benzene ring substituents is 1. The van der Waals surface area contributed by atoms with Gasteiger partial charge in [0.2, 0.25) is 10.0 Å². The van der Waals surface area contributed by atoms with Gasteiger partial charge in [0.05, 0.1) is 15.9 Å². The van der Waals surface area contributed by atoms with Gasteiger partial charge < -0.3 is 4.74 Å². The van der Waals surface area contributed by atoms with Gasteiger partial charge in [-0.15, -0.1) is 0 Å². The van der Waals surface area contributed by atoms with E-state index in [0.29, 0.717) is 5.56 Å². The van der Waals surface area contributed by atoms with Crippen LogP contribution in [0.4, 0.5) is 5.69 Å². The molecule has 0 fully saturated rings. The first-order valence-electron chi connectivity index (χ1n) is 6.64. The predicted octanol–water partition coefficient (Wildman–Crippen LogP) is 2.63. The summed E-state index contributed by atoms with van der Waals surface area (Å²) in [6, 6.07) is 5.60. The van der Waals surface area contributed by atoms with Crippen molar-refractivity contribution >= 4 is 27.0 Å². The van der Waals surface area contributed by atoms with Gasteiger partial charge >= 0.3 is 0 Å². The minimum Gasteiger partial charge on any atom is -0.375 e. The third kappa shape index (κ3) is 4.14. The van der Waals surface area contributed by atoms with Crippen LogP contribution in [0.2, 0.25) is 0 Å². The minimum absolute atomic E-state index is 0.0394. The number of nitrogens with one attached hydrogen (secondary N) is 1. The number of hydrogen-bond acceptors (Lipinski definition) is 6. The Kier molecular flexibility index (Phi) is 5.47. The van der Waals surface area contributed by atoms with Gasteiger partial charge in [-0.2, -0.15) is 11.3 Å². The molecule has 1 unspecified atom stereocenters. The van der Waals surface area contributed by atoms with Crippen LogP contribution in [0.15, 0.2) is 39.9 Å². The number of nitro groups is 1. The van der Waals surface area contributed by atoms with E-state index < -0.39 is 21.1 Å². The van der Waals surface area contributed by atoms with E-state index in [9.17, 15) is 18.5 Å². The number of nitro benzene ring substituents is 1. The highest BCUT2D eigenvalue weighted by Crippen LogP contribution is 2.23. The van der Waals surface area contributed by atoms with Gasteiger partial charge in [0.25, 0.3) is 5.69 Å².